The molecule has 6 nitrogen and oxygen atoms in total. The Morgan fingerprint density at radius 3 is 2.40 bits per heavy atom. The fourth-order valence-electron chi connectivity index (χ4n) is 4.42. The van der Waals surface area contributed by atoms with Gasteiger partial charge in [-0.05, 0) is 19.8 Å². The van der Waals surface area contributed by atoms with E-state index in [-0.39, 0.29) is 12.2 Å². The van der Waals surface area contributed by atoms with Crippen molar-refractivity contribution in [3.63, 3.8) is 0 Å². The van der Waals surface area contributed by atoms with Crippen LogP contribution in [0.3, 0.4) is 0 Å². The quantitative estimate of drug-likeness (QED) is 0.0997. The molecular formula is C28H50N3O3S+. The first-order valence-corrected chi connectivity index (χ1v) is 14.5. The van der Waals surface area contributed by atoms with Crippen LogP contribution in [-0.4, -0.2) is 52.2 Å². The smallest absolute Gasteiger partial charge is 0.310 e. The van der Waals surface area contributed by atoms with Crippen molar-refractivity contribution in [2.45, 2.75) is 111 Å². The molecular weight excluding hydrogens is 458 g/mol. The van der Waals surface area contributed by atoms with Crippen LogP contribution in [0.2, 0.25) is 0 Å². The first-order chi connectivity index (χ1) is 16.9. The molecule has 2 atom stereocenters. The minimum Gasteiger partial charge on any atom is -0.475 e. The minimum atomic E-state index is -0.359. The number of unbranched alkanes of at least 4 members (excludes halogenated alkanes) is 7. The predicted octanol–water partition coefficient (Wildman–Crippen LogP) is 7.56. The number of rotatable bonds is 16. The van der Waals surface area contributed by atoms with Crippen LogP contribution >= 0.6 is 11.7 Å². The molecule has 1 aromatic heterocycles. The van der Waals surface area contributed by atoms with E-state index in [4.69, 9.17) is 9.47 Å². The highest BCUT2D eigenvalue weighted by molar-refractivity contribution is 6.99. The molecule has 0 bridgehead atoms. The van der Waals surface area contributed by atoms with Crippen molar-refractivity contribution in [2.24, 2.45) is 0 Å². The monoisotopic (exact) mass is 508 g/mol. The van der Waals surface area contributed by atoms with Crippen molar-refractivity contribution in [3.05, 3.63) is 23.9 Å². The number of nitrogens with zero attached hydrogens (tertiary/aromatic N) is 3. The number of likely N-dealkylation sites (N-methyl/N-ethyl adjacent to an activating group) is 1. The SMILES string of the molecule is C=C(C)C(OC(=O)CCCCCCC)[N+]1(C)CCC=C(c2nsnc2OCCCCCC)C1.CC. The molecule has 0 saturated heterocycles. The fraction of sp³-hybridized carbons (Fsp3) is 0.750. The molecule has 2 unspecified atom stereocenters. The van der Waals surface area contributed by atoms with Gasteiger partial charge in [0.05, 0.1) is 31.9 Å². The van der Waals surface area contributed by atoms with E-state index < -0.39 is 0 Å². The molecule has 200 valence electrons. The molecule has 0 saturated carbocycles. The Morgan fingerprint density at radius 1 is 1.09 bits per heavy atom. The van der Waals surface area contributed by atoms with Crippen LogP contribution in [-0.2, 0) is 9.53 Å². The predicted molar refractivity (Wildman–Crippen MR) is 147 cm³/mol. The molecule has 0 aromatic carbocycles. The summed E-state index contributed by atoms with van der Waals surface area (Å²) in [7, 11) is 2.14. The standard InChI is InChI=1S/C26H44N3O3S.C2H6/c1-6-8-10-12-13-17-23(30)32-26(21(3)4)29(5)18-15-16-22(20-29)24-25(28-33-27-24)31-19-14-11-9-7-2;1-2/h16,26H,3,6-15,17-20H2,1-2,4-5H3;1-2H3/q+1;. The second-order valence-electron chi connectivity index (χ2n) is 9.56. The molecule has 35 heavy (non-hydrogen) atoms. The van der Waals surface area contributed by atoms with E-state index in [0.29, 0.717) is 29.9 Å². The van der Waals surface area contributed by atoms with E-state index in [1.807, 2.05) is 20.8 Å². The van der Waals surface area contributed by atoms with Gasteiger partial charge in [0.2, 0.25) is 0 Å². The second kappa shape index (κ2) is 17.7. The molecule has 0 spiro atoms. The van der Waals surface area contributed by atoms with Crippen molar-refractivity contribution >= 4 is 23.3 Å². The molecule has 2 heterocycles. The van der Waals surface area contributed by atoms with Gasteiger partial charge in [0.1, 0.15) is 12.2 Å². The summed E-state index contributed by atoms with van der Waals surface area (Å²) in [6.45, 7) is 16.8. The Morgan fingerprint density at radius 2 is 1.74 bits per heavy atom. The van der Waals surface area contributed by atoms with Crippen LogP contribution < -0.4 is 4.74 Å². The number of carbonyl (C=O) groups is 1. The lowest BCUT2D eigenvalue weighted by molar-refractivity contribution is -0.941. The molecule has 0 radical (unpaired) electrons. The van der Waals surface area contributed by atoms with Gasteiger partial charge >= 0.3 is 5.97 Å². The topological polar surface area (TPSA) is 61.3 Å². The zero-order chi connectivity index (χ0) is 26.1. The lowest BCUT2D eigenvalue weighted by Crippen LogP contribution is -2.57. The Kier molecular flexibility index (Phi) is 15.8. The molecule has 2 rings (SSSR count). The Bertz CT molecular complexity index is 777. The van der Waals surface area contributed by atoms with E-state index in [0.717, 1.165) is 49.1 Å². The highest BCUT2D eigenvalue weighted by atomic mass is 32.1. The van der Waals surface area contributed by atoms with Crippen LogP contribution in [0.5, 0.6) is 5.88 Å². The van der Waals surface area contributed by atoms with Gasteiger partial charge in [-0.3, -0.25) is 9.28 Å². The minimum absolute atomic E-state index is 0.124. The average molecular weight is 509 g/mol. The van der Waals surface area contributed by atoms with E-state index in [2.05, 4.69) is 42.3 Å². The summed E-state index contributed by atoms with van der Waals surface area (Å²) in [5.41, 5.74) is 2.83. The first kappa shape index (κ1) is 31.3. The molecule has 0 fully saturated rings. The number of esters is 1. The summed E-state index contributed by atoms with van der Waals surface area (Å²) in [6.07, 6.45) is 13.4. The summed E-state index contributed by atoms with van der Waals surface area (Å²) in [5, 5.41) is 0. The summed E-state index contributed by atoms with van der Waals surface area (Å²) in [4.78, 5) is 12.6. The van der Waals surface area contributed by atoms with Crippen molar-refractivity contribution < 1.29 is 18.8 Å². The van der Waals surface area contributed by atoms with Crippen LogP contribution in [0, 0.1) is 0 Å². The van der Waals surface area contributed by atoms with Gasteiger partial charge in [-0.1, -0.05) is 85.3 Å². The maximum Gasteiger partial charge on any atom is 0.310 e. The van der Waals surface area contributed by atoms with Crippen LogP contribution in [0.25, 0.3) is 5.57 Å². The molecule has 1 aliphatic heterocycles. The fourth-order valence-corrected chi connectivity index (χ4v) is 4.95. The van der Waals surface area contributed by atoms with Crippen LogP contribution in [0.4, 0.5) is 0 Å². The molecule has 0 N–H and O–H groups in total. The molecule has 1 aromatic rings. The Hall–Kier alpha value is -1.73. The number of hydrogen-bond acceptors (Lipinski definition) is 6. The highest BCUT2D eigenvalue weighted by Gasteiger charge is 2.40. The summed E-state index contributed by atoms with van der Waals surface area (Å²) in [5.74, 6) is 0.508. The molecule has 0 amide bonds. The van der Waals surface area contributed by atoms with Crippen LogP contribution in [0.15, 0.2) is 18.2 Å². The van der Waals surface area contributed by atoms with Gasteiger partial charge in [-0.25, -0.2) is 0 Å². The lowest BCUT2D eigenvalue weighted by Gasteiger charge is -2.42. The normalized spacial score (nSPS) is 18.2. The van der Waals surface area contributed by atoms with Crippen molar-refractivity contribution in [1.82, 2.24) is 8.75 Å². The Labute approximate surface area is 218 Å². The molecule has 7 heteroatoms. The van der Waals surface area contributed by atoms with Gasteiger partial charge in [0, 0.05) is 24.0 Å². The number of ether oxygens (including phenoxy) is 2. The van der Waals surface area contributed by atoms with Crippen LogP contribution in [0.1, 0.15) is 111 Å². The third kappa shape index (κ3) is 10.8. The van der Waals surface area contributed by atoms with Gasteiger partial charge in [-0.2, -0.15) is 4.37 Å². The van der Waals surface area contributed by atoms with Crippen molar-refractivity contribution in [1.29, 1.82) is 0 Å². The first-order valence-electron chi connectivity index (χ1n) is 13.7. The molecule has 1 aliphatic rings. The number of quaternary nitrogens is 1. The van der Waals surface area contributed by atoms with E-state index in [9.17, 15) is 4.79 Å². The van der Waals surface area contributed by atoms with Gasteiger partial charge in [0.25, 0.3) is 12.1 Å². The van der Waals surface area contributed by atoms with Crippen molar-refractivity contribution in [2.75, 3.05) is 26.7 Å². The van der Waals surface area contributed by atoms with Gasteiger partial charge in [0.15, 0.2) is 0 Å². The van der Waals surface area contributed by atoms with E-state index in [1.54, 1.807) is 0 Å². The number of aromatic nitrogens is 2. The average Bonchev–Trinajstić information content (AvgIpc) is 3.32. The summed E-state index contributed by atoms with van der Waals surface area (Å²) in [6, 6.07) is 0. The maximum atomic E-state index is 12.6. The highest BCUT2D eigenvalue weighted by Crippen LogP contribution is 2.33. The van der Waals surface area contributed by atoms with Gasteiger partial charge < -0.3 is 9.47 Å². The zero-order valence-corrected chi connectivity index (χ0v) is 24.1. The van der Waals surface area contributed by atoms with Gasteiger partial charge in [-0.15, -0.1) is 4.37 Å². The largest absolute Gasteiger partial charge is 0.475 e. The third-order valence-corrected chi connectivity index (χ3v) is 6.79. The number of hydrogen-bond donors (Lipinski definition) is 0. The third-order valence-electron chi connectivity index (χ3n) is 6.28. The second-order valence-corrected chi connectivity index (χ2v) is 10.1. The lowest BCUT2D eigenvalue weighted by atomic mass is 10.0. The summed E-state index contributed by atoms with van der Waals surface area (Å²) >= 11 is 1.19. The molecule has 0 aliphatic carbocycles. The maximum absolute atomic E-state index is 12.6. The summed E-state index contributed by atoms with van der Waals surface area (Å²) < 4.78 is 21.5. The van der Waals surface area contributed by atoms with E-state index in [1.165, 1.54) is 50.3 Å². The number of carbonyl (C=O) groups excluding carboxylic acids is 1. The Balaban J connectivity index is 0.00000298. The van der Waals surface area contributed by atoms with E-state index >= 15 is 0 Å². The zero-order valence-electron chi connectivity index (χ0n) is 23.2. The van der Waals surface area contributed by atoms with Crippen molar-refractivity contribution in [3.8, 4) is 5.88 Å².